The summed E-state index contributed by atoms with van der Waals surface area (Å²) in [5.74, 6) is 1.75. The largest absolute Gasteiger partial charge is 0.379 e. The first-order valence-corrected chi connectivity index (χ1v) is 5.15. The van der Waals surface area contributed by atoms with Crippen LogP contribution < -0.4 is 5.32 Å². The van der Waals surface area contributed by atoms with Crippen LogP contribution in [0.4, 0.5) is 5.95 Å². The lowest BCUT2D eigenvalue weighted by Gasteiger charge is -2.06. The van der Waals surface area contributed by atoms with Crippen LogP contribution in [-0.4, -0.2) is 29.3 Å². The van der Waals surface area contributed by atoms with Crippen molar-refractivity contribution in [3.8, 4) is 0 Å². The first-order valence-electron chi connectivity index (χ1n) is 5.15. The molecule has 4 heteroatoms. The van der Waals surface area contributed by atoms with E-state index in [1.54, 1.807) is 6.20 Å². The fraction of sp³-hybridized carbons (Fsp3) is 0.700. The lowest BCUT2D eigenvalue weighted by molar-refractivity contribution is 0.133. The van der Waals surface area contributed by atoms with E-state index in [4.69, 9.17) is 4.74 Å². The highest BCUT2D eigenvalue weighted by Crippen LogP contribution is 2.28. The van der Waals surface area contributed by atoms with E-state index in [-0.39, 0.29) is 0 Å². The number of rotatable bonds is 6. The standard InChI is InChI=1S/C10H17N3O/c1-13-6-4-11-10(13)12-5-7-14-8-9-2-3-9/h4,6,9H,2-3,5,7-8H2,1H3,(H,11,12). The SMILES string of the molecule is Cn1ccnc1NCCOCC1CC1. The number of aromatic nitrogens is 2. The molecule has 0 aliphatic heterocycles. The van der Waals surface area contributed by atoms with Crippen LogP contribution in [0, 0.1) is 5.92 Å². The zero-order valence-corrected chi connectivity index (χ0v) is 8.57. The third-order valence-corrected chi connectivity index (χ3v) is 2.40. The molecule has 4 nitrogen and oxygen atoms in total. The van der Waals surface area contributed by atoms with Crippen LogP contribution >= 0.6 is 0 Å². The summed E-state index contributed by atoms with van der Waals surface area (Å²) in [4.78, 5) is 4.16. The van der Waals surface area contributed by atoms with Crippen molar-refractivity contribution in [1.82, 2.24) is 9.55 Å². The normalized spacial score (nSPS) is 15.8. The van der Waals surface area contributed by atoms with Crippen molar-refractivity contribution >= 4 is 5.95 Å². The van der Waals surface area contributed by atoms with Gasteiger partial charge in [0.2, 0.25) is 5.95 Å². The van der Waals surface area contributed by atoms with Crippen molar-refractivity contribution < 1.29 is 4.74 Å². The molecule has 78 valence electrons. The molecule has 0 aromatic carbocycles. The summed E-state index contributed by atoms with van der Waals surface area (Å²) in [7, 11) is 1.97. The van der Waals surface area contributed by atoms with Crippen LogP contribution in [0.15, 0.2) is 12.4 Å². The molecule has 2 rings (SSSR count). The Kier molecular flexibility index (Phi) is 3.03. The van der Waals surface area contributed by atoms with Crippen molar-refractivity contribution in [3.05, 3.63) is 12.4 Å². The molecular weight excluding hydrogens is 178 g/mol. The molecule has 1 heterocycles. The maximum Gasteiger partial charge on any atom is 0.202 e. The topological polar surface area (TPSA) is 39.1 Å². The number of hydrogen-bond acceptors (Lipinski definition) is 3. The summed E-state index contributed by atoms with van der Waals surface area (Å²) in [5.41, 5.74) is 0. The highest BCUT2D eigenvalue weighted by Gasteiger charge is 2.20. The smallest absolute Gasteiger partial charge is 0.202 e. The Bertz CT molecular complexity index is 281. The Hall–Kier alpha value is -1.03. The zero-order chi connectivity index (χ0) is 9.80. The molecule has 1 aliphatic carbocycles. The van der Waals surface area contributed by atoms with Crippen LogP contribution in [0.5, 0.6) is 0 Å². The minimum absolute atomic E-state index is 0.767. The Morgan fingerprint density at radius 1 is 1.64 bits per heavy atom. The summed E-state index contributed by atoms with van der Waals surface area (Å²) in [6.07, 6.45) is 6.42. The van der Waals surface area contributed by atoms with E-state index in [0.29, 0.717) is 0 Å². The molecule has 1 aromatic heterocycles. The first-order chi connectivity index (χ1) is 6.86. The van der Waals surface area contributed by atoms with Crippen molar-refractivity contribution in [1.29, 1.82) is 0 Å². The molecule has 0 saturated heterocycles. The van der Waals surface area contributed by atoms with E-state index in [1.807, 2.05) is 17.8 Å². The van der Waals surface area contributed by atoms with Crippen LogP contribution in [-0.2, 0) is 11.8 Å². The maximum atomic E-state index is 5.50. The van der Waals surface area contributed by atoms with E-state index in [1.165, 1.54) is 12.8 Å². The van der Waals surface area contributed by atoms with Gasteiger partial charge in [-0.05, 0) is 18.8 Å². The third-order valence-electron chi connectivity index (χ3n) is 2.40. The monoisotopic (exact) mass is 195 g/mol. The van der Waals surface area contributed by atoms with Gasteiger partial charge in [-0.25, -0.2) is 4.98 Å². The molecule has 0 unspecified atom stereocenters. The Balaban J connectivity index is 1.56. The second-order valence-electron chi connectivity index (χ2n) is 3.81. The van der Waals surface area contributed by atoms with Gasteiger partial charge in [0.15, 0.2) is 0 Å². The van der Waals surface area contributed by atoms with E-state index >= 15 is 0 Å². The Morgan fingerprint density at radius 3 is 3.14 bits per heavy atom. The Morgan fingerprint density at radius 2 is 2.50 bits per heavy atom. The molecule has 0 radical (unpaired) electrons. The number of aryl methyl sites for hydroxylation is 1. The summed E-state index contributed by atoms with van der Waals surface area (Å²) >= 11 is 0. The van der Waals surface area contributed by atoms with Crippen LogP contribution in [0.1, 0.15) is 12.8 Å². The van der Waals surface area contributed by atoms with Gasteiger partial charge in [0.05, 0.1) is 6.61 Å². The van der Waals surface area contributed by atoms with Gasteiger partial charge >= 0.3 is 0 Å². The molecular formula is C10H17N3O. The molecule has 1 aromatic rings. The Labute approximate surface area is 84.3 Å². The summed E-state index contributed by atoms with van der Waals surface area (Å²) < 4.78 is 7.46. The van der Waals surface area contributed by atoms with Gasteiger partial charge < -0.3 is 14.6 Å². The molecule has 0 amide bonds. The summed E-state index contributed by atoms with van der Waals surface area (Å²) in [5, 5.41) is 3.21. The van der Waals surface area contributed by atoms with Gasteiger partial charge in [0, 0.05) is 32.6 Å². The van der Waals surface area contributed by atoms with Crippen molar-refractivity contribution in [2.45, 2.75) is 12.8 Å². The van der Waals surface area contributed by atoms with E-state index in [2.05, 4.69) is 10.3 Å². The van der Waals surface area contributed by atoms with Gasteiger partial charge in [-0.3, -0.25) is 0 Å². The average Bonchev–Trinajstić information content (AvgIpc) is 2.91. The predicted molar refractivity (Wildman–Crippen MR) is 55.2 cm³/mol. The lowest BCUT2D eigenvalue weighted by Crippen LogP contribution is -2.13. The highest BCUT2D eigenvalue weighted by atomic mass is 16.5. The number of anilines is 1. The van der Waals surface area contributed by atoms with Crippen molar-refractivity contribution in [2.75, 3.05) is 25.1 Å². The first kappa shape index (κ1) is 9.52. The fourth-order valence-corrected chi connectivity index (χ4v) is 1.31. The minimum atomic E-state index is 0.767. The van der Waals surface area contributed by atoms with Crippen molar-refractivity contribution in [2.24, 2.45) is 13.0 Å². The number of hydrogen-bond donors (Lipinski definition) is 1. The molecule has 1 aliphatic rings. The number of imidazole rings is 1. The minimum Gasteiger partial charge on any atom is -0.379 e. The molecule has 1 saturated carbocycles. The van der Waals surface area contributed by atoms with Gasteiger partial charge in [-0.2, -0.15) is 0 Å². The summed E-state index contributed by atoms with van der Waals surface area (Å²) in [6.45, 7) is 2.53. The number of nitrogens with one attached hydrogen (secondary N) is 1. The predicted octanol–water partition coefficient (Wildman–Crippen LogP) is 1.26. The molecule has 1 fully saturated rings. The number of ether oxygens (including phenoxy) is 1. The maximum absolute atomic E-state index is 5.50. The lowest BCUT2D eigenvalue weighted by atomic mass is 10.5. The van der Waals surface area contributed by atoms with Crippen LogP contribution in [0.25, 0.3) is 0 Å². The van der Waals surface area contributed by atoms with Crippen LogP contribution in [0.2, 0.25) is 0 Å². The van der Waals surface area contributed by atoms with E-state index in [9.17, 15) is 0 Å². The second kappa shape index (κ2) is 4.46. The highest BCUT2D eigenvalue weighted by molar-refractivity contribution is 5.24. The molecule has 0 spiro atoms. The average molecular weight is 195 g/mol. The second-order valence-corrected chi connectivity index (χ2v) is 3.81. The summed E-state index contributed by atoms with van der Waals surface area (Å²) in [6, 6.07) is 0. The molecule has 1 N–H and O–H groups in total. The van der Waals surface area contributed by atoms with Gasteiger partial charge in [-0.1, -0.05) is 0 Å². The van der Waals surface area contributed by atoms with Gasteiger partial charge in [0.25, 0.3) is 0 Å². The molecule has 0 atom stereocenters. The molecule has 14 heavy (non-hydrogen) atoms. The van der Waals surface area contributed by atoms with Gasteiger partial charge in [-0.15, -0.1) is 0 Å². The van der Waals surface area contributed by atoms with E-state index < -0.39 is 0 Å². The third kappa shape index (κ3) is 2.73. The molecule has 0 bridgehead atoms. The zero-order valence-electron chi connectivity index (χ0n) is 8.57. The van der Waals surface area contributed by atoms with E-state index in [0.717, 1.165) is 31.6 Å². The fourth-order valence-electron chi connectivity index (χ4n) is 1.31. The van der Waals surface area contributed by atoms with Gasteiger partial charge in [0.1, 0.15) is 0 Å². The quantitative estimate of drug-likeness (QED) is 0.694. The number of nitrogens with zero attached hydrogens (tertiary/aromatic N) is 2. The van der Waals surface area contributed by atoms with Crippen molar-refractivity contribution in [3.63, 3.8) is 0 Å². The van der Waals surface area contributed by atoms with Crippen LogP contribution in [0.3, 0.4) is 0 Å².